The first-order valence-electron chi connectivity index (χ1n) is 23.0. The fourth-order valence-electron chi connectivity index (χ4n) is 7.81. The van der Waals surface area contributed by atoms with Crippen LogP contribution in [0, 0.1) is 13.8 Å². The summed E-state index contributed by atoms with van der Waals surface area (Å²) in [5.41, 5.74) is 7.66. The number of unbranched alkanes of at least 4 members (excludes halogenated alkanes) is 24. The molecule has 2 aromatic rings. The van der Waals surface area contributed by atoms with Crippen LogP contribution in [0.25, 0.3) is 0 Å². The molecule has 0 radical (unpaired) electrons. The molecule has 0 bridgehead atoms. The monoisotopic (exact) mass is 857 g/mol. The Bertz CT molecular complexity index is 1020. The van der Waals surface area contributed by atoms with E-state index in [0.717, 1.165) is 36.8 Å². The van der Waals surface area contributed by atoms with Gasteiger partial charge in [-0.15, -0.1) is 11.5 Å². The van der Waals surface area contributed by atoms with Crippen molar-refractivity contribution in [1.29, 1.82) is 0 Å². The van der Waals surface area contributed by atoms with Crippen molar-refractivity contribution in [2.24, 2.45) is 0 Å². The van der Waals surface area contributed by atoms with Crippen molar-refractivity contribution in [3.8, 4) is 11.5 Å². The smallest absolute Gasteiger partial charge is 0.872 e. The minimum absolute atomic E-state index is 0. The van der Waals surface area contributed by atoms with Gasteiger partial charge in [-0.2, -0.15) is 0 Å². The maximum Gasteiger partial charge on any atom is 2.00 e. The molecule has 300 valence electrons. The summed E-state index contributed by atoms with van der Waals surface area (Å²) in [7, 11) is 0. The molecule has 0 aliphatic carbocycles. The van der Waals surface area contributed by atoms with Crippen LogP contribution in [-0.4, -0.2) is 48.9 Å². The van der Waals surface area contributed by atoms with Gasteiger partial charge in [0.15, 0.2) is 0 Å². The Morgan fingerprint density at radius 2 is 0.547 bits per heavy atom. The summed E-state index contributed by atoms with van der Waals surface area (Å²) in [6.45, 7) is 13.2. The normalized spacial score (nSPS) is 11.0. The van der Waals surface area contributed by atoms with Crippen molar-refractivity contribution in [2.75, 3.05) is 0 Å². The molecule has 0 aliphatic rings. The van der Waals surface area contributed by atoms with E-state index < -0.39 is 0 Å². The molecule has 0 fully saturated rings. The molecule has 0 atom stereocenters. The standard InChI is InChI=1S/2C25H44O.Ba/c2*1-4-6-8-10-12-14-16-18-23-20-21-25(26)22(3)24(23)19-17-15-13-11-9-7-5-2;/h2*20-21,26H,4-19H2,1-3H3;/q;;+2/p-2. The Kier molecular flexibility index (Phi) is 36.9. The van der Waals surface area contributed by atoms with E-state index in [0.29, 0.717) is 0 Å². The maximum atomic E-state index is 12.1. The van der Waals surface area contributed by atoms with E-state index in [4.69, 9.17) is 0 Å². The first-order valence-corrected chi connectivity index (χ1v) is 23.0. The molecule has 2 aromatic carbocycles. The third kappa shape index (κ3) is 26.2. The number of hydrogen-bond donors (Lipinski definition) is 0. The molecule has 0 N–H and O–H groups in total. The van der Waals surface area contributed by atoms with E-state index in [1.165, 1.54) is 202 Å². The topological polar surface area (TPSA) is 46.1 Å². The van der Waals surface area contributed by atoms with Gasteiger partial charge in [0.2, 0.25) is 0 Å². The molecule has 3 heteroatoms. The average Bonchev–Trinajstić information content (AvgIpc) is 3.14. The summed E-state index contributed by atoms with van der Waals surface area (Å²) in [4.78, 5) is 0. The molecule has 0 saturated heterocycles. The fraction of sp³-hybridized carbons (Fsp3) is 0.760. The van der Waals surface area contributed by atoms with Gasteiger partial charge in [-0.05, 0) is 87.5 Å². The molecule has 0 aliphatic heterocycles. The van der Waals surface area contributed by atoms with Crippen molar-refractivity contribution in [1.82, 2.24) is 0 Å². The van der Waals surface area contributed by atoms with Gasteiger partial charge in [0.25, 0.3) is 0 Å². The van der Waals surface area contributed by atoms with Gasteiger partial charge < -0.3 is 10.2 Å². The van der Waals surface area contributed by atoms with Gasteiger partial charge in [-0.3, -0.25) is 0 Å². The first-order chi connectivity index (χ1) is 25.4. The predicted octanol–water partition coefficient (Wildman–Crippen LogP) is 14.9. The second kappa shape index (κ2) is 37.2. The molecule has 53 heavy (non-hydrogen) atoms. The SMILES string of the molecule is CCCCCCCCCc1ccc([O-])c(C)c1CCCCCCCCC.CCCCCCCCCc1ccc([O-])c(C)c1CCCCCCCCC.[Ba+2]. The van der Waals surface area contributed by atoms with Crippen molar-refractivity contribution in [3.63, 3.8) is 0 Å². The summed E-state index contributed by atoms with van der Waals surface area (Å²) < 4.78 is 0. The van der Waals surface area contributed by atoms with Gasteiger partial charge >= 0.3 is 48.9 Å². The van der Waals surface area contributed by atoms with Crippen molar-refractivity contribution in [2.45, 2.75) is 247 Å². The van der Waals surface area contributed by atoms with Crippen LogP contribution in [0.3, 0.4) is 0 Å². The van der Waals surface area contributed by atoms with Crippen LogP contribution in [0.5, 0.6) is 11.5 Å². The summed E-state index contributed by atoms with van der Waals surface area (Å²) in [5, 5.41) is 24.2. The third-order valence-electron chi connectivity index (χ3n) is 11.5. The van der Waals surface area contributed by atoms with Gasteiger partial charge in [-0.25, -0.2) is 0 Å². The van der Waals surface area contributed by atoms with E-state index in [1.54, 1.807) is 12.1 Å². The van der Waals surface area contributed by atoms with Gasteiger partial charge in [0.1, 0.15) is 0 Å². The zero-order valence-electron chi connectivity index (χ0n) is 36.5. The zero-order chi connectivity index (χ0) is 38.1. The molecule has 0 amide bonds. The molecular formula is C50H86BaO2. The van der Waals surface area contributed by atoms with Crippen LogP contribution in [-0.2, 0) is 25.7 Å². The van der Waals surface area contributed by atoms with E-state index in [-0.39, 0.29) is 60.4 Å². The summed E-state index contributed by atoms with van der Waals surface area (Å²) in [6.07, 6.45) is 42.1. The Morgan fingerprint density at radius 1 is 0.321 bits per heavy atom. The van der Waals surface area contributed by atoms with Crippen molar-refractivity contribution < 1.29 is 10.2 Å². The molecule has 0 heterocycles. The van der Waals surface area contributed by atoms with Crippen LogP contribution in [0.4, 0.5) is 0 Å². The summed E-state index contributed by atoms with van der Waals surface area (Å²) >= 11 is 0. The Hall–Kier alpha value is -0.389. The van der Waals surface area contributed by atoms with Crippen LogP contribution >= 0.6 is 0 Å². The van der Waals surface area contributed by atoms with Gasteiger partial charge in [-0.1, -0.05) is 217 Å². The molecule has 0 aromatic heterocycles. The Labute approximate surface area is 372 Å². The summed E-state index contributed by atoms with van der Waals surface area (Å²) in [5.74, 6) is 0.456. The number of hydrogen-bond acceptors (Lipinski definition) is 2. The minimum atomic E-state index is 0. The van der Waals surface area contributed by atoms with E-state index in [1.807, 2.05) is 13.8 Å². The maximum absolute atomic E-state index is 12.1. The van der Waals surface area contributed by atoms with Crippen molar-refractivity contribution >= 4 is 48.9 Å². The Morgan fingerprint density at radius 3 is 0.811 bits per heavy atom. The second-order valence-electron chi connectivity index (χ2n) is 16.1. The van der Waals surface area contributed by atoms with Gasteiger partial charge in [0, 0.05) is 0 Å². The van der Waals surface area contributed by atoms with Crippen LogP contribution in [0.1, 0.15) is 241 Å². The molecule has 0 unspecified atom stereocenters. The summed E-state index contributed by atoms with van der Waals surface area (Å²) in [6, 6.07) is 7.81. The number of rotatable bonds is 32. The molecule has 2 rings (SSSR count). The molecule has 0 saturated carbocycles. The van der Waals surface area contributed by atoms with Crippen LogP contribution in [0.15, 0.2) is 24.3 Å². The van der Waals surface area contributed by atoms with Crippen LogP contribution < -0.4 is 10.2 Å². The van der Waals surface area contributed by atoms with Crippen LogP contribution in [0.2, 0.25) is 0 Å². The van der Waals surface area contributed by atoms with E-state index in [2.05, 4.69) is 39.8 Å². The second-order valence-corrected chi connectivity index (χ2v) is 16.1. The zero-order valence-corrected chi connectivity index (χ0v) is 40.9. The fourth-order valence-corrected chi connectivity index (χ4v) is 7.81. The van der Waals surface area contributed by atoms with Crippen molar-refractivity contribution in [3.05, 3.63) is 57.6 Å². The average molecular weight is 857 g/mol. The predicted molar refractivity (Wildman–Crippen MR) is 234 cm³/mol. The largest absolute Gasteiger partial charge is 2.00 e. The number of benzene rings is 2. The molecule has 0 spiro atoms. The molecular weight excluding hydrogens is 770 g/mol. The third-order valence-corrected chi connectivity index (χ3v) is 11.5. The van der Waals surface area contributed by atoms with E-state index >= 15 is 0 Å². The number of aryl methyl sites for hydroxylation is 2. The van der Waals surface area contributed by atoms with Gasteiger partial charge in [0.05, 0.1) is 0 Å². The molecule has 2 nitrogen and oxygen atoms in total. The Balaban J connectivity index is 0.00000100. The first kappa shape index (κ1) is 52.6. The quantitative estimate of drug-likeness (QED) is 0.0544. The minimum Gasteiger partial charge on any atom is -0.872 e. The van der Waals surface area contributed by atoms with E-state index in [9.17, 15) is 10.2 Å².